The van der Waals surface area contributed by atoms with Crippen molar-refractivity contribution in [2.24, 2.45) is 5.92 Å². The number of hydrogen-bond acceptors (Lipinski definition) is 3. The first-order valence-corrected chi connectivity index (χ1v) is 8.11. The van der Waals surface area contributed by atoms with Gasteiger partial charge in [0.15, 0.2) is 0 Å². The maximum Gasteiger partial charge on any atom is 0.337 e. The number of anilines is 1. The van der Waals surface area contributed by atoms with Crippen LogP contribution in [0.3, 0.4) is 0 Å². The molecule has 0 bridgehead atoms. The molecular weight excluding hydrogens is 302 g/mol. The van der Waals surface area contributed by atoms with Crippen molar-refractivity contribution in [3.05, 3.63) is 65.7 Å². The number of rotatable bonds is 6. The first-order valence-electron chi connectivity index (χ1n) is 8.11. The molecule has 0 aliphatic heterocycles. The summed E-state index contributed by atoms with van der Waals surface area (Å²) in [5.74, 6) is -0.528. The molecule has 4 nitrogen and oxygen atoms in total. The average Bonchev–Trinajstić information content (AvgIpc) is 2.62. The molecule has 2 rings (SSSR count). The van der Waals surface area contributed by atoms with Crippen LogP contribution in [0.2, 0.25) is 0 Å². The van der Waals surface area contributed by atoms with Gasteiger partial charge in [-0.25, -0.2) is 4.79 Å². The molecule has 2 unspecified atom stereocenters. The van der Waals surface area contributed by atoms with Gasteiger partial charge in [-0.1, -0.05) is 56.7 Å². The topological polar surface area (TPSA) is 55.4 Å². The van der Waals surface area contributed by atoms with Crippen LogP contribution in [-0.2, 0) is 9.53 Å². The van der Waals surface area contributed by atoms with Gasteiger partial charge in [0.05, 0.1) is 18.6 Å². The number of carbonyl (C=O) groups is 2. The fraction of sp³-hybridized carbons (Fsp3) is 0.300. The van der Waals surface area contributed by atoms with Crippen molar-refractivity contribution in [2.75, 3.05) is 12.4 Å². The Labute approximate surface area is 142 Å². The number of nitrogens with one attached hydrogen (secondary N) is 1. The maximum atomic E-state index is 12.8. The molecule has 0 spiro atoms. The summed E-state index contributed by atoms with van der Waals surface area (Å²) in [6, 6.07) is 16.5. The molecule has 0 aromatic heterocycles. The molecule has 0 radical (unpaired) electrons. The Bertz CT molecular complexity index is 697. The molecule has 1 amide bonds. The van der Waals surface area contributed by atoms with E-state index in [0.717, 1.165) is 12.0 Å². The zero-order valence-corrected chi connectivity index (χ0v) is 14.3. The average molecular weight is 325 g/mol. The lowest BCUT2D eigenvalue weighted by Crippen LogP contribution is -2.26. The molecule has 0 aliphatic rings. The van der Waals surface area contributed by atoms with E-state index in [1.807, 2.05) is 30.3 Å². The van der Waals surface area contributed by atoms with Crippen LogP contribution in [0, 0.1) is 5.92 Å². The Balaban J connectivity index is 2.24. The quantitative estimate of drug-likeness (QED) is 0.808. The maximum absolute atomic E-state index is 12.8. The highest BCUT2D eigenvalue weighted by molar-refractivity contribution is 5.97. The van der Waals surface area contributed by atoms with Crippen molar-refractivity contribution in [3.63, 3.8) is 0 Å². The second-order valence-corrected chi connectivity index (χ2v) is 5.84. The number of methoxy groups -OCH3 is 1. The Morgan fingerprint density at radius 2 is 1.79 bits per heavy atom. The summed E-state index contributed by atoms with van der Waals surface area (Å²) in [7, 11) is 1.34. The third-order valence-electron chi connectivity index (χ3n) is 4.21. The minimum absolute atomic E-state index is 0.0717. The van der Waals surface area contributed by atoms with E-state index in [-0.39, 0.29) is 17.7 Å². The van der Waals surface area contributed by atoms with Gasteiger partial charge in [-0.3, -0.25) is 4.79 Å². The van der Waals surface area contributed by atoms with Crippen LogP contribution >= 0.6 is 0 Å². The van der Waals surface area contributed by atoms with Crippen molar-refractivity contribution in [1.82, 2.24) is 0 Å². The second kappa shape index (κ2) is 8.29. The van der Waals surface area contributed by atoms with E-state index in [1.165, 1.54) is 7.11 Å². The van der Waals surface area contributed by atoms with Gasteiger partial charge < -0.3 is 10.1 Å². The Morgan fingerprint density at radius 1 is 1.08 bits per heavy atom. The Morgan fingerprint density at radius 3 is 2.42 bits per heavy atom. The minimum atomic E-state index is -0.423. The van der Waals surface area contributed by atoms with E-state index in [9.17, 15) is 9.59 Å². The number of carbonyl (C=O) groups excluding carboxylic acids is 2. The molecule has 0 fully saturated rings. The first kappa shape index (κ1) is 17.7. The zero-order chi connectivity index (χ0) is 17.5. The minimum Gasteiger partial charge on any atom is -0.465 e. The predicted molar refractivity (Wildman–Crippen MR) is 95.0 cm³/mol. The molecule has 0 heterocycles. The molecule has 126 valence electrons. The molecule has 0 aliphatic carbocycles. The number of ether oxygens (including phenoxy) is 1. The van der Waals surface area contributed by atoms with Crippen LogP contribution in [0.25, 0.3) is 0 Å². The largest absolute Gasteiger partial charge is 0.465 e. The van der Waals surface area contributed by atoms with Crippen LogP contribution in [0.4, 0.5) is 5.69 Å². The highest BCUT2D eigenvalue weighted by Gasteiger charge is 2.26. The standard InChI is InChI=1S/C20H23NO3/c1-4-14(2)18(15-9-6-5-7-10-15)19(22)21-17-12-8-11-16(13-17)20(23)24-3/h5-14,18H,4H2,1-3H3,(H,21,22). The van der Waals surface area contributed by atoms with Crippen LogP contribution in [-0.4, -0.2) is 19.0 Å². The molecule has 2 aromatic rings. The number of esters is 1. The summed E-state index contributed by atoms with van der Waals surface area (Å²) in [6.07, 6.45) is 0.898. The molecule has 0 saturated heterocycles. The molecule has 24 heavy (non-hydrogen) atoms. The van der Waals surface area contributed by atoms with Crippen molar-refractivity contribution < 1.29 is 14.3 Å². The Kier molecular flexibility index (Phi) is 6.13. The number of amides is 1. The summed E-state index contributed by atoms with van der Waals surface area (Å²) in [5.41, 5.74) is 2.00. The molecule has 2 aromatic carbocycles. The summed E-state index contributed by atoms with van der Waals surface area (Å²) < 4.78 is 4.72. The van der Waals surface area contributed by atoms with E-state index in [2.05, 4.69) is 19.2 Å². The predicted octanol–water partition coefficient (Wildman–Crippen LogP) is 4.24. The smallest absolute Gasteiger partial charge is 0.337 e. The van der Waals surface area contributed by atoms with Gasteiger partial charge in [0, 0.05) is 5.69 Å². The van der Waals surface area contributed by atoms with Gasteiger partial charge in [-0.2, -0.15) is 0 Å². The van der Waals surface area contributed by atoms with Crippen molar-refractivity contribution in [2.45, 2.75) is 26.2 Å². The van der Waals surface area contributed by atoms with Gasteiger partial charge in [-0.05, 0) is 29.7 Å². The van der Waals surface area contributed by atoms with Crippen LogP contribution in [0.5, 0.6) is 0 Å². The summed E-state index contributed by atoms with van der Waals surface area (Å²) in [4.78, 5) is 24.5. The highest BCUT2D eigenvalue weighted by atomic mass is 16.5. The van der Waals surface area contributed by atoms with Gasteiger partial charge in [0.1, 0.15) is 0 Å². The molecular formula is C20H23NO3. The molecule has 4 heteroatoms. The van der Waals surface area contributed by atoms with E-state index >= 15 is 0 Å². The van der Waals surface area contributed by atoms with E-state index in [0.29, 0.717) is 11.3 Å². The van der Waals surface area contributed by atoms with Gasteiger partial charge in [0.2, 0.25) is 5.91 Å². The van der Waals surface area contributed by atoms with Gasteiger partial charge >= 0.3 is 5.97 Å². The van der Waals surface area contributed by atoms with Gasteiger partial charge in [-0.15, -0.1) is 0 Å². The second-order valence-electron chi connectivity index (χ2n) is 5.84. The van der Waals surface area contributed by atoms with Crippen molar-refractivity contribution >= 4 is 17.6 Å². The number of benzene rings is 2. The Hall–Kier alpha value is -2.62. The zero-order valence-electron chi connectivity index (χ0n) is 14.3. The SMILES string of the molecule is CCC(C)C(C(=O)Nc1cccc(C(=O)OC)c1)c1ccccc1. The molecule has 0 saturated carbocycles. The van der Waals surface area contributed by atoms with Crippen LogP contribution in [0.15, 0.2) is 54.6 Å². The lowest BCUT2D eigenvalue weighted by atomic mass is 9.85. The summed E-state index contributed by atoms with van der Waals surface area (Å²) in [5, 5.41) is 2.93. The lowest BCUT2D eigenvalue weighted by molar-refractivity contribution is -0.118. The fourth-order valence-electron chi connectivity index (χ4n) is 2.70. The van der Waals surface area contributed by atoms with Crippen molar-refractivity contribution in [3.8, 4) is 0 Å². The van der Waals surface area contributed by atoms with E-state index in [4.69, 9.17) is 4.74 Å². The summed E-state index contributed by atoms with van der Waals surface area (Å²) >= 11 is 0. The van der Waals surface area contributed by atoms with Gasteiger partial charge in [0.25, 0.3) is 0 Å². The van der Waals surface area contributed by atoms with E-state index in [1.54, 1.807) is 24.3 Å². The normalized spacial score (nSPS) is 13.0. The third-order valence-corrected chi connectivity index (χ3v) is 4.21. The monoisotopic (exact) mass is 325 g/mol. The molecule has 2 atom stereocenters. The molecule has 1 N–H and O–H groups in total. The van der Waals surface area contributed by atoms with Crippen LogP contribution < -0.4 is 5.32 Å². The lowest BCUT2D eigenvalue weighted by Gasteiger charge is -2.23. The summed E-state index contributed by atoms with van der Waals surface area (Å²) in [6.45, 7) is 4.15. The first-order chi connectivity index (χ1) is 11.6. The van der Waals surface area contributed by atoms with E-state index < -0.39 is 5.97 Å². The third kappa shape index (κ3) is 4.22. The van der Waals surface area contributed by atoms with Crippen LogP contribution in [0.1, 0.15) is 42.1 Å². The fourth-order valence-corrected chi connectivity index (χ4v) is 2.70. The number of hydrogen-bond donors (Lipinski definition) is 1. The van der Waals surface area contributed by atoms with Crippen molar-refractivity contribution in [1.29, 1.82) is 0 Å². The highest BCUT2D eigenvalue weighted by Crippen LogP contribution is 2.28.